The summed E-state index contributed by atoms with van der Waals surface area (Å²) in [7, 11) is 1.67. The van der Waals surface area contributed by atoms with Gasteiger partial charge in [0.25, 0.3) is 5.91 Å². The first-order valence-corrected chi connectivity index (χ1v) is 6.82. The van der Waals surface area contributed by atoms with Crippen molar-refractivity contribution in [1.29, 1.82) is 0 Å². The first-order chi connectivity index (χ1) is 9.17. The van der Waals surface area contributed by atoms with Crippen molar-refractivity contribution >= 4 is 11.5 Å². The molecule has 0 aromatic heterocycles. The third kappa shape index (κ3) is 2.80. The molecule has 0 bridgehead atoms. The molecule has 1 aliphatic rings. The van der Waals surface area contributed by atoms with Crippen molar-refractivity contribution in [2.45, 2.75) is 33.1 Å². The smallest absolute Gasteiger partial charge is 0.251 e. The Kier molecular flexibility index (Phi) is 4.25. The van der Waals surface area contributed by atoms with Gasteiger partial charge in [-0.3, -0.25) is 4.79 Å². The van der Waals surface area contributed by atoms with Crippen LogP contribution in [0.4, 0.5) is 0 Å². The van der Waals surface area contributed by atoms with Crippen LogP contribution in [-0.2, 0) is 11.2 Å². The monoisotopic (exact) mass is 259 g/mol. The van der Waals surface area contributed by atoms with Crippen molar-refractivity contribution in [2.24, 2.45) is 0 Å². The minimum Gasteiger partial charge on any atom is -0.497 e. The second kappa shape index (κ2) is 5.91. The van der Waals surface area contributed by atoms with Gasteiger partial charge in [-0.05, 0) is 43.0 Å². The lowest BCUT2D eigenvalue weighted by Crippen LogP contribution is -2.30. The molecular weight excluding hydrogens is 238 g/mol. The van der Waals surface area contributed by atoms with Crippen LogP contribution < -0.4 is 10.1 Å². The number of carbonyl (C=O) groups is 1. The number of benzene rings is 1. The largest absolute Gasteiger partial charge is 0.497 e. The zero-order chi connectivity index (χ0) is 13.8. The Morgan fingerprint density at radius 2 is 2.16 bits per heavy atom. The Balaban J connectivity index is 2.51. The van der Waals surface area contributed by atoms with Crippen molar-refractivity contribution < 1.29 is 9.53 Å². The normalized spacial score (nSPS) is 15.4. The molecule has 1 amide bonds. The van der Waals surface area contributed by atoms with Gasteiger partial charge in [0.15, 0.2) is 0 Å². The van der Waals surface area contributed by atoms with Gasteiger partial charge in [-0.25, -0.2) is 0 Å². The highest BCUT2D eigenvalue weighted by Crippen LogP contribution is 2.29. The summed E-state index contributed by atoms with van der Waals surface area (Å²) in [6.45, 7) is 4.94. The van der Waals surface area contributed by atoms with Gasteiger partial charge in [-0.1, -0.05) is 25.0 Å². The maximum absolute atomic E-state index is 12.1. The molecule has 1 aromatic rings. The Labute approximate surface area is 114 Å². The number of rotatable bonds is 4. The van der Waals surface area contributed by atoms with Crippen LogP contribution in [0.5, 0.6) is 5.75 Å². The molecule has 0 atom stereocenters. The van der Waals surface area contributed by atoms with Crippen LogP contribution in [0.15, 0.2) is 23.8 Å². The maximum atomic E-state index is 12.1. The molecule has 1 aromatic carbocycles. The molecule has 0 spiro atoms. The quantitative estimate of drug-likeness (QED) is 0.902. The third-order valence-electron chi connectivity index (χ3n) is 3.54. The molecular formula is C16H21NO2. The van der Waals surface area contributed by atoms with Crippen molar-refractivity contribution in [3.63, 3.8) is 0 Å². The number of methoxy groups -OCH3 is 1. The van der Waals surface area contributed by atoms with E-state index >= 15 is 0 Å². The van der Waals surface area contributed by atoms with E-state index in [0.717, 1.165) is 42.7 Å². The molecule has 0 saturated carbocycles. The van der Waals surface area contributed by atoms with Crippen molar-refractivity contribution in [2.75, 3.05) is 13.7 Å². The number of nitrogens with one attached hydrogen (secondary N) is 1. The van der Waals surface area contributed by atoms with Gasteiger partial charge < -0.3 is 10.1 Å². The van der Waals surface area contributed by atoms with Gasteiger partial charge in [-0.15, -0.1) is 0 Å². The van der Waals surface area contributed by atoms with Crippen LogP contribution >= 0.6 is 0 Å². The Morgan fingerprint density at radius 3 is 2.79 bits per heavy atom. The molecule has 3 nitrogen and oxygen atoms in total. The van der Waals surface area contributed by atoms with Gasteiger partial charge in [0.2, 0.25) is 0 Å². The lowest BCUT2D eigenvalue weighted by molar-refractivity contribution is -0.115. The highest BCUT2D eigenvalue weighted by Gasteiger charge is 2.21. The highest BCUT2D eigenvalue weighted by atomic mass is 16.5. The van der Waals surface area contributed by atoms with Crippen molar-refractivity contribution in [1.82, 2.24) is 5.32 Å². The van der Waals surface area contributed by atoms with E-state index in [2.05, 4.69) is 12.2 Å². The van der Waals surface area contributed by atoms with E-state index in [1.165, 1.54) is 11.1 Å². The van der Waals surface area contributed by atoms with Gasteiger partial charge in [0.05, 0.1) is 7.11 Å². The average Bonchev–Trinajstić information content (AvgIpc) is 2.40. The molecule has 0 aliphatic carbocycles. The topological polar surface area (TPSA) is 38.3 Å². The molecule has 3 heteroatoms. The van der Waals surface area contributed by atoms with Gasteiger partial charge in [0, 0.05) is 12.1 Å². The molecule has 2 rings (SSSR count). The minimum atomic E-state index is 0.0475. The summed E-state index contributed by atoms with van der Waals surface area (Å²) >= 11 is 0. The highest BCUT2D eigenvalue weighted by molar-refractivity contribution is 6.21. The fourth-order valence-corrected chi connectivity index (χ4v) is 2.54. The first-order valence-electron chi connectivity index (χ1n) is 6.82. The van der Waals surface area contributed by atoms with Crippen LogP contribution in [0.2, 0.25) is 0 Å². The Hall–Kier alpha value is -1.77. The molecule has 1 aliphatic heterocycles. The summed E-state index contributed by atoms with van der Waals surface area (Å²) in [6, 6.07) is 5.98. The van der Waals surface area contributed by atoms with E-state index < -0.39 is 0 Å². The molecule has 0 radical (unpaired) electrons. The number of amides is 1. The molecule has 1 heterocycles. The van der Waals surface area contributed by atoms with Crippen LogP contribution in [0, 0.1) is 0 Å². The standard InChI is InChI=1S/C16H21NO2/c1-4-5-12-10-13(19-3)6-7-14(12)15-11(2)8-9-17-16(15)18/h6-7,10H,4-5,8-9H2,1-3H3,(H,17,18). The summed E-state index contributed by atoms with van der Waals surface area (Å²) in [6.07, 6.45) is 2.93. The summed E-state index contributed by atoms with van der Waals surface area (Å²) in [5.41, 5.74) is 4.26. The summed E-state index contributed by atoms with van der Waals surface area (Å²) in [4.78, 5) is 12.1. The predicted molar refractivity (Wildman–Crippen MR) is 77.2 cm³/mol. The molecule has 102 valence electrons. The summed E-state index contributed by atoms with van der Waals surface area (Å²) in [5.74, 6) is 0.896. The summed E-state index contributed by atoms with van der Waals surface area (Å²) in [5, 5.41) is 2.93. The molecule has 0 fully saturated rings. The van der Waals surface area contributed by atoms with Crippen molar-refractivity contribution in [3.05, 3.63) is 34.9 Å². The molecule has 0 unspecified atom stereocenters. The van der Waals surface area contributed by atoms with Gasteiger partial charge >= 0.3 is 0 Å². The number of carbonyl (C=O) groups excluding carboxylic acids is 1. The summed E-state index contributed by atoms with van der Waals surface area (Å²) < 4.78 is 5.28. The van der Waals surface area contributed by atoms with Gasteiger partial charge in [-0.2, -0.15) is 0 Å². The van der Waals surface area contributed by atoms with Crippen LogP contribution in [0.25, 0.3) is 5.57 Å². The second-order valence-corrected chi connectivity index (χ2v) is 4.93. The first kappa shape index (κ1) is 13.7. The zero-order valence-electron chi connectivity index (χ0n) is 11.9. The number of aryl methyl sites for hydroxylation is 1. The van der Waals surface area contributed by atoms with E-state index in [9.17, 15) is 4.79 Å². The van der Waals surface area contributed by atoms with Crippen LogP contribution in [-0.4, -0.2) is 19.6 Å². The average molecular weight is 259 g/mol. The SMILES string of the molecule is CCCc1cc(OC)ccc1C1=C(C)CCNC1=O. The molecule has 19 heavy (non-hydrogen) atoms. The van der Waals surface area contributed by atoms with E-state index in [4.69, 9.17) is 4.74 Å². The molecule has 0 saturated heterocycles. The Bertz CT molecular complexity index is 517. The van der Waals surface area contributed by atoms with Crippen LogP contribution in [0.1, 0.15) is 37.8 Å². The predicted octanol–water partition coefficient (Wildman–Crippen LogP) is 2.94. The van der Waals surface area contributed by atoms with E-state index in [1.54, 1.807) is 7.11 Å². The lowest BCUT2D eigenvalue weighted by atomic mass is 9.90. The number of hydrogen-bond acceptors (Lipinski definition) is 2. The Morgan fingerprint density at radius 1 is 1.37 bits per heavy atom. The van der Waals surface area contributed by atoms with Crippen molar-refractivity contribution in [3.8, 4) is 5.75 Å². The fourth-order valence-electron chi connectivity index (χ4n) is 2.54. The van der Waals surface area contributed by atoms with E-state index in [1.807, 2.05) is 25.1 Å². The maximum Gasteiger partial charge on any atom is 0.251 e. The third-order valence-corrected chi connectivity index (χ3v) is 3.54. The number of ether oxygens (including phenoxy) is 1. The fraction of sp³-hybridized carbons (Fsp3) is 0.438. The minimum absolute atomic E-state index is 0.0475. The second-order valence-electron chi connectivity index (χ2n) is 4.93. The zero-order valence-corrected chi connectivity index (χ0v) is 11.9. The lowest BCUT2D eigenvalue weighted by Gasteiger charge is -2.21. The van der Waals surface area contributed by atoms with Gasteiger partial charge in [0.1, 0.15) is 5.75 Å². The van der Waals surface area contributed by atoms with Crippen LogP contribution in [0.3, 0.4) is 0 Å². The molecule has 1 N–H and O–H groups in total. The van der Waals surface area contributed by atoms with E-state index in [-0.39, 0.29) is 5.91 Å². The number of hydrogen-bond donors (Lipinski definition) is 1. The van der Waals surface area contributed by atoms with E-state index in [0.29, 0.717) is 0 Å².